The molecule has 0 bridgehead atoms. The van der Waals surface area contributed by atoms with Gasteiger partial charge in [-0.25, -0.2) is 9.97 Å². The predicted molar refractivity (Wildman–Crippen MR) is 139 cm³/mol. The van der Waals surface area contributed by atoms with E-state index in [1.807, 2.05) is 49.7 Å². The lowest BCUT2D eigenvalue weighted by Crippen LogP contribution is -2.38. The number of thioether (sulfide) groups is 1. The molecule has 3 aromatic heterocycles. The molecule has 0 saturated carbocycles. The molecule has 10 heteroatoms. The van der Waals surface area contributed by atoms with E-state index >= 15 is 0 Å². The summed E-state index contributed by atoms with van der Waals surface area (Å²) < 4.78 is 0. The number of aromatic nitrogens is 4. The van der Waals surface area contributed by atoms with Gasteiger partial charge < -0.3 is 15.2 Å². The Kier molecular flexibility index (Phi) is 8.63. The average molecular weight is 492 g/mol. The Morgan fingerprint density at radius 2 is 2.06 bits per heavy atom. The number of allylic oxidation sites excluding steroid dienone is 1. The zero-order valence-corrected chi connectivity index (χ0v) is 20.4. The van der Waals surface area contributed by atoms with Gasteiger partial charge in [0.25, 0.3) is 5.24 Å². The molecule has 2 amide bonds. The van der Waals surface area contributed by atoms with Crippen LogP contribution in [0.1, 0.15) is 31.0 Å². The summed E-state index contributed by atoms with van der Waals surface area (Å²) >= 11 is 0.960. The monoisotopic (exact) mass is 491 g/mol. The smallest absolute Gasteiger partial charge is 0.289 e. The number of nitrogens with one attached hydrogen (secondary N) is 3. The number of nitrogens with zero attached hydrogens (tertiary/aromatic N) is 4. The normalized spacial score (nSPS) is 14.7. The van der Waals surface area contributed by atoms with Crippen LogP contribution in [-0.2, 0) is 11.3 Å². The highest BCUT2D eigenvalue weighted by molar-refractivity contribution is 8.17. The highest BCUT2D eigenvalue weighted by Crippen LogP contribution is 2.23. The number of imide groups is 1. The summed E-state index contributed by atoms with van der Waals surface area (Å²) in [5.41, 5.74) is 3.94. The third-order valence-corrected chi connectivity index (χ3v) is 6.58. The van der Waals surface area contributed by atoms with Crippen molar-refractivity contribution in [2.45, 2.75) is 26.3 Å². The molecule has 0 aliphatic carbocycles. The topological polar surface area (TPSA) is 116 Å². The number of hydrogen-bond donors (Lipinski definition) is 3. The Labute approximate surface area is 208 Å². The van der Waals surface area contributed by atoms with Crippen molar-refractivity contribution in [3.63, 3.8) is 0 Å². The van der Waals surface area contributed by atoms with Crippen LogP contribution in [0.25, 0.3) is 17.5 Å². The Hall–Kier alpha value is -3.50. The second kappa shape index (κ2) is 12.3. The fourth-order valence-electron chi connectivity index (χ4n) is 4.11. The largest absolute Gasteiger partial charge is 0.360 e. The summed E-state index contributed by atoms with van der Waals surface area (Å²) in [5, 5.41) is 5.32. The van der Waals surface area contributed by atoms with Crippen LogP contribution < -0.4 is 15.5 Å². The van der Waals surface area contributed by atoms with E-state index in [4.69, 9.17) is 0 Å². The summed E-state index contributed by atoms with van der Waals surface area (Å²) in [6.07, 6.45) is 9.80. The lowest BCUT2D eigenvalue weighted by molar-refractivity contribution is -0.108. The molecule has 0 unspecified atom stereocenters. The molecule has 3 N–H and O–H groups in total. The number of hydrogen-bond acceptors (Lipinski definition) is 8. The molecule has 3 aromatic rings. The SMILES string of the molecule is C/C(=C/c1ccnc(N2CCC(CNCc3cccnc3-c3ccc[nH]3)CC2)n1)SC(=O)NC=O. The van der Waals surface area contributed by atoms with E-state index in [1.165, 1.54) is 5.56 Å². The van der Waals surface area contributed by atoms with E-state index in [9.17, 15) is 9.59 Å². The van der Waals surface area contributed by atoms with Crippen LogP contribution in [0.4, 0.5) is 10.7 Å². The van der Waals surface area contributed by atoms with Gasteiger partial charge in [0.1, 0.15) is 0 Å². The summed E-state index contributed by atoms with van der Waals surface area (Å²) in [6.45, 7) is 5.34. The van der Waals surface area contributed by atoms with Crippen molar-refractivity contribution in [3.8, 4) is 11.4 Å². The van der Waals surface area contributed by atoms with Crippen LogP contribution in [0.2, 0.25) is 0 Å². The number of anilines is 1. The van der Waals surface area contributed by atoms with Crippen LogP contribution in [0, 0.1) is 5.92 Å². The Morgan fingerprint density at radius 1 is 1.20 bits per heavy atom. The van der Waals surface area contributed by atoms with E-state index in [2.05, 4.69) is 41.5 Å². The first-order valence-corrected chi connectivity index (χ1v) is 12.4. The molecule has 0 spiro atoms. The fourth-order valence-corrected chi connectivity index (χ4v) is 4.68. The van der Waals surface area contributed by atoms with Crippen LogP contribution in [0.5, 0.6) is 0 Å². The van der Waals surface area contributed by atoms with Crippen molar-refractivity contribution >= 4 is 35.4 Å². The number of amides is 2. The van der Waals surface area contributed by atoms with Gasteiger partial charge in [-0.1, -0.05) is 6.07 Å². The number of carbonyl (C=O) groups is 2. The average Bonchev–Trinajstić information content (AvgIpc) is 3.40. The number of aromatic amines is 1. The second-order valence-electron chi connectivity index (χ2n) is 8.34. The van der Waals surface area contributed by atoms with E-state index in [1.54, 1.807) is 6.20 Å². The summed E-state index contributed by atoms with van der Waals surface area (Å²) in [6, 6.07) is 9.93. The lowest BCUT2D eigenvalue weighted by Gasteiger charge is -2.32. The zero-order valence-electron chi connectivity index (χ0n) is 19.6. The van der Waals surface area contributed by atoms with Crippen molar-refractivity contribution in [1.29, 1.82) is 0 Å². The molecule has 4 heterocycles. The van der Waals surface area contributed by atoms with Crippen LogP contribution in [0.15, 0.2) is 53.8 Å². The fraction of sp³-hybridized carbons (Fsp3) is 0.320. The van der Waals surface area contributed by atoms with Crippen molar-refractivity contribution in [2.24, 2.45) is 5.92 Å². The molecule has 35 heavy (non-hydrogen) atoms. The number of H-pyrrole nitrogens is 1. The molecule has 1 aliphatic rings. The van der Waals surface area contributed by atoms with Gasteiger partial charge in [-0.2, -0.15) is 0 Å². The minimum Gasteiger partial charge on any atom is -0.360 e. The van der Waals surface area contributed by atoms with Crippen LogP contribution in [0.3, 0.4) is 0 Å². The van der Waals surface area contributed by atoms with Gasteiger partial charge in [-0.3, -0.25) is 19.9 Å². The Bertz CT molecular complexity index is 1160. The molecular weight excluding hydrogens is 462 g/mol. The molecule has 4 rings (SSSR count). The molecule has 1 fully saturated rings. The van der Waals surface area contributed by atoms with Gasteiger partial charge in [0.05, 0.1) is 17.1 Å². The first kappa shape index (κ1) is 24.6. The van der Waals surface area contributed by atoms with E-state index in [-0.39, 0.29) is 0 Å². The minimum atomic E-state index is -0.414. The molecule has 0 aromatic carbocycles. The maximum atomic E-state index is 11.5. The standard InChI is InChI=1S/C25H29N7O2S/c1-18(35-25(34)30-17-33)14-21-6-11-29-24(31-21)32-12-7-19(8-13-32)15-26-16-20-4-2-10-28-23(20)22-5-3-9-27-22/h2-6,9-11,14,17,19,26-27H,7-8,12-13,15-16H2,1H3,(H,30,33,34)/b18-14-. The number of pyridine rings is 1. The number of carbonyl (C=O) groups excluding carboxylic acids is 2. The quantitative estimate of drug-likeness (QED) is 0.387. The zero-order chi connectivity index (χ0) is 24.5. The van der Waals surface area contributed by atoms with Crippen molar-refractivity contribution in [2.75, 3.05) is 24.5 Å². The maximum absolute atomic E-state index is 11.5. The highest BCUT2D eigenvalue weighted by atomic mass is 32.2. The maximum Gasteiger partial charge on any atom is 0.289 e. The summed E-state index contributed by atoms with van der Waals surface area (Å²) in [5.74, 6) is 1.29. The summed E-state index contributed by atoms with van der Waals surface area (Å²) in [7, 11) is 0. The lowest BCUT2D eigenvalue weighted by atomic mass is 9.97. The Morgan fingerprint density at radius 3 is 2.83 bits per heavy atom. The second-order valence-corrected chi connectivity index (χ2v) is 9.56. The van der Waals surface area contributed by atoms with Gasteiger partial charge >= 0.3 is 0 Å². The third-order valence-electron chi connectivity index (χ3n) is 5.84. The first-order valence-electron chi connectivity index (χ1n) is 11.6. The van der Waals surface area contributed by atoms with Gasteiger partial charge in [-0.05, 0) is 84.8 Å². The molecular formula is C25H29N7O2S. The van der Waals surface area contributed by atoms with Crippen LogP contribution in [-0.4, -0.2) is 51.2 Å². The third kappa shape index (κ3) is 7.00. The highest BCUT2D eigenvalue weighted by Gasteiger charge is 2.21. The van der Waals surface area contributed by atoms with Crippen molar-refractivity contribution in [1.82, 2.24) is 30.6 Å². The molecule has 0 radical (unpaired) electrons. The van der Waals surface area contributed by atoms with Gasteiger partial charge in [0.2, 0.25) is 12.4 Å². The van der Waals surface area contributed by atoms with Gasteiger partial charge in [0.15, 0.2) is 0 Å². The van der Waals surface area contributed by atoms with E-state index < -0.39 is 5.24 Å². The Balaban J connectivity index is 1.26. The van der Waals surface area contributed by atoms with E-state index in [0.717, 1.165) is 72.8 Å². The van der Waals surface area contributed by atoms with Gasteiger partial charge in [-0.15, -0.1) is 0 Å². The molecule has 1 saturated heterocycles. The summed E-state index contributed by atoms with van der Waals surface area (Å²) in [4.78, 5) is 41.8. The molecule has 0 atom stereocenters. The van der Waals surface area contributed by atoms with Gasteiger partial charge in [0, 0.05) is 38.2 Å². The molecule has 182 valence electrons. The number of rotatable bonds is 9. The molecule has 1 aliphatic heterocycles. The first-order chi connectivity index (χ1) is 17.1. The molecule has 9 nitrogen and oxygen atoms in total. The van der Waals surface area contributed by atoms with Crippen molar-refractivity contribution < 1.29 is 9.59 Å². The number of piperidine rings is 1. The van der Waals surface area contributed by atoms with Crippen molar-refractivity contribution in [3.05, 3.63) is 65.1 Å². The van der Waals surface area contributed by atoms with E-state index in [0.29, 0.717) is 18.3 Å². The van der Waals surface area contributed by atoms with Crippen LogP contribution >= 0.6 is 11.8 Å². The predicted octanol–water partition coefficient (Wildman–Crippen LogP) is 3.83. The minimum absolute atomic E-state index is 0.379.